The van der Waals surface area contributed by atoms with E-state index in [0.717, 1.165) is 15.1 Å². The van der Waals surface area contributed by atoms with Crippen LogP contribution in [0.25, 0.3) is 0 Å². The van der Waals surface area contributed by atoms with Crippen molar-refractivity contribution in [1.29, 1.82) is 0 Å². The van der Waals surface area contributed by atoms with Gasteiger partial charge in [-0.15, -0.1) is 0 Å². The molecule has 0 atom stereocenters. The molecule has 1 aromatic heterocycles. The highest BCUT2D eigenvalue weighted by molar-refractivity contribution is 14.1. The van der Waals surface area contributed by atoms with Gasteiger partial charge in [-0.2, -0.15) is 5.10 Å². The molecule has 0 radical (unpaired) electrons. The van der Waals surface area contributed by atoms with E-state index in [1.165, 1.54) is 0 Å². The van der Waals surface area contributed by atoms with Crippen LogP contribution >= 0.6 is 22.6 Å². The molecule has 23 heavy (non-hydrogen) atoms. The van der Waals surface area contributed by atoms with Crippen molar-refractivity contribution in [3.05, 3.63) is 45.2 Å². The van der Waals surface area contributed by atoms with Crippen molar-refractivity contribution < 1.29 is 4.79 Å². The van der Waals surface area contributed by atoms with Crippen molar-refractivity contribution >= 4 is 34.3 Å². The number of anilines is 1. The summed E-state index contributed by atoms with van der Waals surface area (Å²) in [5.41, 5.74) is 1.35. The molecule has 1 amide bonds. The number of aromatic nitrogens is 2. The van der Waals surface area contributed by atoms with Crippen molar-refractivity contribution in [1.82, 2.24) is 9.78 Å². The maximum Gasteiger partial charge on any atom is 0.257 e. The highest BCUT2D eigenvalue weighted by Crippen LogP contribution is 2.28. The quantitative estimate of drug-likeness (QED) is 0.704. The largest absolute Gasteiger partial charge is 0.307 e. The Bertz CT molecular complexity index is 721. The molecule has 0 bridgehead atoms. The lowest BCUT2D eigenvalue weighted by molar-refractivity contribution is 0.102. The average Bonchev–Trinajstić information content (AvgIpc) is 2.83. The Hall–Kier alpha value is -1.37. The third-order valence-corrected chi connectivity index (χ3v) is 4.41. The number of hydrogen-bond donors (Lipinski definition) is 1. The maximum atomic E-state index is 12.6. The van der Waals surface area contributed by atoms with Crippen LogP contribution in [-0.2, 0) is 11.0 Å². The molecule has 0 unspecified atom stereocenters. The van der Waals surface area contributed by atoms with Gasteiger partial charge in [-0.1, -0.05) is 32.9 Å². The fourth-order valence-electron chi connectivity index (χ4n) is 2.18. The fraction of sp³-hybridized carbons (Fsp3) is 0.444. The van der Waals surface area contributed by atoms with Crippen LogP contribution in [0.5, 0.6) is 0 Å². The van der Waals surface area contributed by atoms with Crippen molar-refractivity contribution in [2.24, 2.45) is 0 Å². The summed E-state index contributed by atoms with van der Waals surface area (Å²) in [6, 6.07) is 9.53. The van der Waals surface area contributed by atoms with E-state index in [4.69, 9.17) is 5.10 Å². The van der Waals surface area contributed by atoms with Crippen LogP contribution in [0.15, 0.2) is 30.3 Å². The third-order valence-electron chi connectivity index (χ3n) is 3.47. The lowest BCUT2D eigenvalue weighted by Gasteiger charge is -2.23. The van der Waals surface area contributed by atoms with Crippen LogP contribution in [0.3, 0.4) is 0 Å². The predicted octanol–water partition coefficient (Wildman–Crippen LogP) is 4.79. The monoisotopic (exact) mass is 425 g/mol. The van der Waals surface area contributed by atoms with Crippen LogP contribution in [0.1, 0.15) is 57.6 Å². The van der Waals surface area contributed by atoms with Crippen molar-refractivity contribution in [2.45, 2.75) is 52.5 Å². The molecule has 2 rings (SSSR count). The lowest BCUT2D eigenvalue weighted by Crippen LogP contribution is -2.27. The lowest BCUT2D eigenvalue weighted by atomic mass is 9.92. The van der Waals surface area contributed by atoms with Gasteiger partial charge in [0.25, 0.3) is 5.91 Å². The molecule has 2 aromatic rings. The van der Waals surface area contributed by atoms with Crippen molar-refractivity contribution in [3.8, 4) is 0 Å². The molecule has 1 aromatic carbocycles. The molecule has 0 spiro atoms. The second-order valence-electron chi connectivity index (χ2n) is 7.68. The minimum Gasteiger partial charge on any atom is -0.307 e. The number of rotatable bonds is 2. The van der Waals surface area contributed by atoms with Crippen molar-refractivity contribution in [3.63, 3.8) is 0 Å². The molecule has 0 aliphatic heterocycles. The van der Waals surface area contributed by atoms with Gasteiger partial charge in [-0.3, -0.25) is 4.79 Å². The smallest absolute Gasteiger partial charge is 0.257 e. The second-order valence-corrected chi connectivity index (χ2v) is 8.84. The van der Waals surface area contributed by atoms with Gasteiger partial charge in [0.05, 0.1) is 16.8 Å². The van der Waals surface area contributed by atoms with Crippen LogP contribution in [0, 0.1) is 3.57 Å². The number of carbonyl (C=O) groups excluding carboxylic acids is 1. The Morgan fingerprint density at radius 3 is 2.26 bits per heavy atom. The minimum atomic E-state index is -0.212. The highest BCUT2D eigenvalue weighted by atomic mass is 127. The molecule has 0 fully saturated rings. The Morgan fingerprint density at radius 2 is 1.74 bits per heavy atom. The molecular weight excluding hydrogens is 401 g/mol. The molecule has 0 saturated carbocycles. The van der Waals surface area contributed by atoms with E-state index in [0.29, 0.717) is 5.56 Å². The number of nitrogens with zero attached hydrogens (tertiary/aromatic N) is 2. The highest BCUT2D eigenvalue weighted by Gasteiger charge is 2.26. The first kappa shape index (κ1) is 18.0. The fourth-order valence-corrected chi connectivity index (χ4v) is 2.81. The number of benzene rings is 1. The standard InChI is InChI=1S/C18H24IN3O/c1-17(2,3)14-11-15(22(21-14)18(4,5)6)20-16(23)12-9-7-8-10-13(12)19/h7-11H,1-6H3,(H,20,23). The summed E-state index contributed by atoms with van der Waals surface area (Å²) >= 11 is 2.18. The van der Waals surface area contributed by atoms with E-state index in [-0.39, 0.29) is 16.9 Å². The van der Waals surface area contributed by atoms with Gasteiger partial charge in [0, 0.05) is 15.1 Å². The van der Waals surface area contributed by atoms with E-state index < -0.39 is 0 Å². The number of nitrogens with one attached hydrogen (secondary N) is 1. The summed E-state index contributed by atoms with van der Waals surface area (Å²) in [6.07, 6.45) is 0. The van der Waals surface area contributed by atoms with E-state index in [2.05, 4.69) is 69.5 Å². The van der Waals surface area contributed by atoms with Gasteiger partial charge in [0.1, 0.15) is 5.82 Å². The Kier molecular flexibility index (Phi) is 4.89. The number of halogens is 1. The summed E-state index contributed by atoms with van der Waals surface area (Å²) in [5, 5.41) is 7.75. The van der Waals surface area contributed by atoms with E-state index in [1.54, 1.807) is 0 Å². The van der Waals surface area contributed by atoms with Gasteiger partial charge in [0.2, 0.25) is 0 Å². The molecule has 0 saturated heterocycles. The zero-order valence-corrected chi connectivity index (χ0v) is 16.7. The summed E-state index contributed by atoms with van der Waals surface area (Å²) in [4.78, 5) is 12.6. The Labute approximate surface area is 151 Å². The normalized spacial score (nSPS) is 12.3. The molecule has 4 nitrogen and oxygen atoms in total. The molecular formula is C18H24IN3O. The predicted molar refractivity (Wildman–Crippen MR) is 103 cm³/mol. The van der Waals surface area contributed by atoms with Crippen LogP contribution in [0.4, 0.5) is 5.82 Å². The van der Waals surface area contributed by atoms with Gasteiger partial charge in [-0.25, -0.2) is 4.68 Å². The number of amides is 1. The first-order valence-electron chi connectivity index (χ1n) is 7.67. The zero-order valence-electron chi connectivity index (χ0n) is 14.6. The van der Waals surface area contributed by atoms with Gasteiger partial charge >= 0.3 is 0 Å². The molecule has 5 heteroatoms. The number of hydrogen-bond acceptors (Lipinski definition) is 2. The first-order chi connectivity index (χ1) is 10.5. The molecule has 124 valence electrons. The topological polar surface area (TPSA) is 46.9 Å². The van der Waals surface area contributed by atoms with Gasteiger partial charge < -0.3 is 5.32 Å². The van der Waals surface area contributed by atoms with E-state index >= 15 is 0 Å². The van der Waals surface area contributed by atoms with Crippen LogP contribution in [-0.4, -0.2) is 15.7 Å². The Balaban J connectivity index is 2.41. The summed E-state index contributed by atoms with van der Waals surface area (Å²) in [5.74, 6) is 0.618. The molecule has 0 aliphatic carbocycles. The van der Waals surface area contributed by atoms with E-state index in [1.807, 2.05) is 35.0 Å². The zero-order chi connectivity index (χ0) is 17.4. The van der Waals surface area contributed by atoms with Gasteiger partial charge in [0.15, 0.2) is 0 Å². The summed E-state index contributed by atoms with van der Waals surface area (Å²) < 4.78 is 2.82. The number of carbonyl (C=O) groups is 1. The first-order valence-corrected chi connectivity index (χ1v) is 8.75. The van der Waals surface area contributed by atoms with Crippen LogP contribution < -0.4 is 5.32 Å². The minimum absolute atomic E-state index is 0.0723. The molecule has 1 heterocycles. The van der Waals surface area contributed by atoms with Crippen LogP contribution in [0.2, 0.25) is 0 Å². The summed E-state index contributed by atoms with van der Waals surface area (Å²) in [6.45, 7) is 12.6. The summed E-state index contributed by atoms with van der Waals surface area (Å²) in [7, 11) is 0. The Morgan fingerprint density at radius 1 is 1.13 bits per heavy atom. The SMILES string of the molecule is CC(C)(C)c1cc(NC(=O)c2ccccc2I)n(C(C)(C)C)n1. The average molecular weight is 425 g/mol. The van der Waals surface area contributed by atoms with E-state index in [9.17, 15) is 4.79 Å². The molecule has 1 N–H and O–H groups in total. The second kappa shape index (κ2) is 6.26. The van der Waals surface area contributed by atoms with Gasteiger partial charge in [-0.05, 0) is 55.5 Å². The molecule has 0 aliphatic rings. The maximum absolute atomic E-state index is 12.6. The van der Waals surface area contributed by atoms with Crippen molar-refractivity contribution in [2.75, 3.05) is 5.32 Å². The third kappa shape index (κ3) is 4.13.